The third-order valence-corrected chi connectivity index (χ3v) is 3.15. The van der Waals surface area contributed by atoms with Crippen molar-refractivity contribution in [2.24, 2.45) is 5.41 Å². The minimum atomic E-state index is -0.183. The summed E-state index contributed by atoms with van der Waals surface area (Å²) in [6.45, 7) is 0.743. The molecule has 1 spiro atoms. The molecule has 0 unspecified atom stereocenters. The Balaban J connectivity index is 2.12. The van der Waals surface area contributed by atoms with Crippen LogP contribution >= 0.6 is 0 Å². The normalized spacial score (nSPS) is 29.8. The van der Waals surface area contributed by atoms with Gasteiger partial charge in [-0.3, -0.25) is 4.79 Å². The molecule has 2 aliphatic rings. The van der Waals surface area contributed by atoms with Crippen molar-refractivity contribution in [3.05, 3.63) is 12.2 Å². The highest BCUT2D eigenvalue weighted by atomic mass is 16.1. The second kappa shape index (κ2) is 2.98. The highest BCUT2D eigenvalue weighted by Gasteiger charge is 2.43. The van der Waals surface area contributed by atoms with Gasteiger partial charge in [-0.1, -0.05) is 12.2 Å². The van der Waals surface area contributed by atoms with Gasteiger partial charge in [0.2, 0.25) is 6.41 Å². The lowest BCUT2D eigenvalue weighted by Gasteiger charge is -2.21. The van der Waals surface area contributed by atoms with Crippen LogP contribution in [0.25, 0.3) is 0 Å². The van der Waals surface area contributed by atoms with Crippen LogP contribution in [0.2, 0.25) is 0 Å². The summed E-state index contributed by atoms with van der Waals surface area (Å²) < 4.78 is 0. The fraction of sp³-hybridized carbons (Fsp3) is 0.600. The van der Waals surface area contributed by atoms with Gasteiger partial charge in [0.25, 0.3) is 0 Å². The maximum Gasteiger partial charge on any atom is 0.210 e. The van der Waals surface area contributed by atoms with Crippen molar-refractivity contribution in [1.29, 1.82) is 0 Å². The maximum absolute atomic E-state index is 10.7. The number of amides is 1. The van der Waals surface area contributed by atoms with Gasteiger partial charge in [-0.2, -0.15) is 0 Å². The molecule has 0 radical (unpaired) electrons. The highest BCUT2D eigenvalue weighted by molar-refractivity contribution is 5.65. The monoisotopic (exact) mass is 179 g/mol. The molecule has 3 nitrogen and oxygen atoms in total. The molecule has 0 aromatic rings. The Labute approximate surface area is 77.4 Å². The molecule has 1 aliphatic carbocycles. The van der Waals surface area contributed by atoms with Crippen LogP contribution in [0.4, 0.5) is 0 Å². The fourth-order valence-electron chi connectivity index (χ4n) is 2.42. The second-order valence-corrected chi connectivity index (χ2v) is 4.06. The van der Waals surface area contributed by atoms with E-state index >= 15 is 0 Å². The Bertz CT molecular complexity index is 234. The summed E-state index contributed by atoms with van der Waals surface area (Å²) in [6, 6.07) is -0.183. The number of nitrogens with zero attached hydrogens (tertiary/aromatic N) is 1. The minimum Gasteiger partial charge on any atom is -0.335 e. The quantitative estimate of drug-likeness (QED) is 0.463. The van der Waals surface area contributed by atoms with Crippen LogP contribution in [0.1, 0.15) is 19.3 Å². The summed E-state index contributed by atoms with van der Waals surface area (Å²) in [4.78, 5) is 23.0. The summed E-state index contributed by atoms with van der Waals surface area (Å²) in [5.74, 6) is 0. The lowest BCUT2D eigenvalue weighted by atomic mass is 9.83. The van der Waals surface area contributed by atoms with Gasteiger partial charge < -0.3 is 9.69 Å². The smallest absolute Gasteiger partial charge is 0.210 e. The summed E-state index contributed by atoms with van der Waals surface area (Å²) >= 11 is 0. The first-order chi connectivity index (χ1) is 6.29. The van der Waals surface area contributed by atoms with E-state index in [1.165, 1.54) is 0 Å². The van der Waals surface area contributed by atoms with Crippen LogP contribution < -0.4 is 0 Å². The largest absolute Gasteiger partial charge is 0.335 e. The molecule has 0 aromatic carbocycles. The van der Waals surface area contributed by atoms with Crippen molar-refractivity contribution >= 4 is 12.7 Å². The zero-order chi connectivity index (χ0) is 9.31. The lowest BCUT2D eigenvalue weighted by molar-refractivity contribution is -0.123. The molecule has 13 heavy (non-hydrogen) atoms. The predicted molar refractivity (Wildman–Crippen MR) is 48.0 cm³/mol. The van der Waals surface area contributed by atoms with Gasteiger partial charge in [0.15, 0.2) is 0 Å². The van der Waals surface area contributed by atoms with E-state index in [2.05, 4.69) is 12.2 Å². The average Bonchev–Trinajstić information content (AvgIpc) is 2.74. The molecule has 3 heteroatoms. The molecular formula is C10H13NO2. The van der Waals surface area contributed by atoms with Crippen molar-refractivity contribution in [2.45, 2.75) is 25.3 Å². The average molecular weight is 179 g/mol. The summed E-state index contributed by atoms with van der Waals surface area (Å²) in [6.07, 6.45) is 8.85. The van der Waals surface area contributed by atoms with E-state index in [0.717, 1.165) is 38.5 Å². The first kappa shape index (κ1) is 8.48. The van der Waals surface area contributed by atoms with Crippen molar-refractivity contribution < 1.29 is 9.59 Å². The molecule has 1 fully saturated rings. The van der Waals surface area contributed by atoms with E-state index in [-0.39, 0.29) is 11.5 Å². The zero-order valence-electron chi connectivity index (χ0n) is 7.48. The van der Waals surface area contributed by atoms with Crippen molar-refractivity contribution in [3.8, 4) is 0 Å². The molecule has 1 amide bonds. The van der Waals surface area contributed by atoms with E-state index in [1.807, 2.05) is 0 Å². The number of carbonyl (C=O) groups is 2. The molecule has 1 aliphatic heterocycles. The number of carbonyl (C=O) groups excluding carboxylic acids is 2. The highest BCUT2D eigenvalue weighted by Crippen LogP contribution is 2.43. The van der Waals surface area contributed by atoms with Crippen molar-refractivity contribution in [2.75, 3.05) is 6.54 Å². The Morgan fingerprint density at radius 3 is 2.46 bits per heavy atom. The molecule has 0 N–H and O–H groups in total. The molecule has 0 bridgehead atoms. The summed E-state index contributed by atoms with van der Waals surface area (Å²) in [5, 5.41) is 0. The van der Waals surface area contributed by atoms with E-state index in [4.69, 9.17) is 0 Å². The Morgan fingerprint density at radius 1 is 1.31 bits per heavy atom. The third kappa shape index (κ3) is 1.28. The van der Waals surface area contributed by atoms with Crippen LogP contribution in [0.15, 0.2) is 12.2 Å². The van der Waals surface area contributed by atoms with Crippen LogP contribution in [0.5, 0.6) is 0 Å². The van der Waals surface area contributed by atoms with E-state index in [1.54, 1.807) is 4.90 Å². The number of hydrogen-bond acceptors (Lipinski definition) is 2. The SMILES string of the molecule is O=C[C@@H]1CC2(CC=CC2)CN1C=O. The Hall–Kier alpha value is -1.12. The first-order valence-corrected chi connectivity index (χ1v) is 4.61. The van der Waals surface area contributed by atoms with Crippen LogP contribution in [0, 0.1) is 5.41 Å². The van der Waals surface area contributed by atoms with Gasteiger partial charge in [-0.05, 0) is 24.7 Å². The maximum atomic E-state index is 10.7. The molecular weight excluding hydrogens is 166 g/mol. The van der Waals surface area contributed by atoms with Crippen LogP contribution in [0.3, 0.4) is 0 Å². The van der Waals surface area contributed by atoms with Crippen molar-refractivity contribution in [1.82, 2.24) is 4.90 Å². The Kier molecular flexibility index (Phi) is 1.94. The molecule has 70 valence electrons. The Morgan fingerprint density at radius 2 is 2.00 bits per heavy atom. The predicted octanol–water partition coefficient (Wildman–Crippen LogP) is 0.752. The van der Waals surface area contributed by atoms with E-state index < -0.39 is 0 Å². The van der Waals surface area contributed by atoms with E-state index in [0.29, 0.717) is 0 Å². The van der Waals surface area contributed by atoms with Gasteiger partial charge in [-0.15, -0.1) is 0 Å². The number of rotatable bonds is 2. The van der Waals surface area contributed by atoms with Crippen LogP contribution in [-0.2, 0) is 9.59 Å². The third-order valence-electron chi connectivity index (χ3n) is 3.15. The number of hydrogen-bond donors (Lipinski definition) is 0. The topological polar surface area (TPSA) is 37.4 Å². The van der Waals surface area contributed by atoms with Gasteiger partial charge >= 0.3 is 0 Å². The first-order valence-electron chi connectivity index (χ1n) is 4.61. The van der Waals surface area contributed by atoms with Gasteiger partial charge in [0.1, 0.15) is 6.29 Å². The van der Waals surface area contributed by atoms with Gasteiger partial charge in [0.05, 0.1) is 6.04 Å². The standard InChI is InChI=1S/C10H13NO2/c12-6-9-5-10(3-1-2-4-10)7-11(9)8-13/h1-2,6,8-9H,3-5,7H2/t9-/m0/s1. The number of aldehydes is 1. The second-order valence-electron chi connectivity index (χ2n) is 4.06. The van der Waals surface area contributed by atoms with Crippen molar-refractivity contribution in [3.63, 3.8) is 0 Å². The molecule has 1 saturated heterocycles. The molecule has 1 atom stereocenters. The molecule has 1 heterocycles. The van der Waals surface area contributed by atoms with E-state index in [9.17, 15) is 9.59 Å². The summed E-state index contributed by atoms with van der Waals surface area (Å²) in [7, 11) is 0. The fourth-order valence-corrected chi connectivity index (χ4v) is 2.42. The molecule has 0 aromatic heterocycles. The molecule has 0 saturated carbocycles. The minimum absolute atomic E-state index is 0.183. The zero-order valence-corrected chi connectivity index (χ0v) is 7.48. The number of allylic oxidation sites excluding steroid dienone is 2. The lowest BCUT2D eigenvalue weighted by Crippen LogP contribution is -2.29. The van der Waals surface area contributed by atoms with Gasteiger partial charge in [0, 0.05) is 6.54 Å². The number of likely N-dealkylation sites (tertiary alicyclic amines) is 1. The molecule has 2 rings (SSSR count). The summed E-state index contributed by atoms with van der Waals surface area (Å²) in [5.41, 5.74) is 0.187. The van der Waals surface area contributed by atoms with Crippen LogP contribution in [-0.4, -0.2) is 30.2 Å². The van der Waals surface area contributed by atoms with Gasteiger partial charge in [-0.25, -0.2) is 0 Å².